The third-order valence-electron chi connectivity index (χ3n) is 1.64. The van der Waals surface area contributed by atoms with Crippen LogP contribution in [-0.4, -0.2) is 7.12 Å². The normalized spacial score (nSPS) is 16.1. The maximum Gasteiger partial charge on any atom is 0.597 e. The van der Waals surface area contributed by atoms with Gasteiger partial charge >= 0.3 is 7.12 Å². The molecule has 0 aromatic rings. The van der Waals surface area contributed by atoms with Crippen LogP contribution < -0.4 is 0 Å². The summed E-state index contributed by atoms with van der Waals surface area (Å²) in [5, 5.41) is 0. The van der Waals surface area contributed by atoms with Crippen LogP contribution in [0.25, 0.3) is 0 Å². The lowest BCUT2D eigenvalue weighted by molar-refractivity contribution is 0.372. The molecule has 1 heterocycles. The van der Waals surface area contributed by atoms with Gasteiger partial charge in [-0.3, -0.25) is 0 Å². The van der Waals surface area contributed by atoms with Crippen molar-refractivity contribution in [1.82, 2.24) is 0 Å². The van der Waals surface area contributed by atoms with E-state index in [1.807, 2.05) is 13.8 Å². The van der Waals surface area contributed by atoms with Crippen molar-refractivity contribution < 1.29 is 9.31 Å². The zero-order valence-corrected chi connectivity index (χ0v) is 7.54. The molecule has 1 aliphatic rings. The molecule has 0 saturated heterocycles. The first-order valence-corrected chi connectivity index (χ1v) is 4.01. The van der Waals surface area contributed by atoms with Crippen molar-refractivity contribution in [1.29, 1.82) is 0 Å². The van der Waals surface area contributed by atoms with E-state index in [4.69, 9.17) is 9.31 Å². The molecule has 0 N–H and O–H groups in total. The minimum atomic E-state index is -0.189. The Kier molecular flexibility index (Phi) is 2.63. The summed E-state index contributed by atoms with van der Waals surface area (Å²) >= 11 is 0. The average Bonchev–Trinajstić information content (AvgIpc) is 2.46. The van der Waals surface area contributed by atoms with Gasteiger partial charge in [0.2, 0.25) is 0 Å². The van der Waals surface area contributed by atoms with Gasteiger partial charge in [0.15, 0.2) is 0 Å². The molecular weight excluding hydrogens is 151 g/mol. The summed E-state index contributed by atoms with van der Waals surface area (Å²) in [6.07, 6.45) is 3.28. The van der Waals surface area contributed by atoms with E-state index in [1.54, 1.807) is 12.2 Å². The molecule has 0 aromatic heterocycles. The number of allylic oxidation sites excluding steroid dienone is 2. The second-order valence-electron chi connectivity index (χ2n) is 2.98. The molecule has 12 heavy (non-hydrogen) atoms. The van der Waals surface area contributed by atoms with Gasteiger partial charge in [-0.2, -0.15) is 0 Å². The molecule has 0 radical (unpaired) electrons. The monoisotopic (exact) mass is 164 g/mol. The Morgan fingerprint density at radius 3 is 1.83 bits per heavy atom. The van der Waals surface area contributed by atoms with Gasteiger partial charge in [0.1, 0.15) is 11.5 Å². The van der Waals surface area contributed by atoms with Gasteiger partial charge in [0.25, 0.3) is 0 Å². The van der Waals surface area contributed by atoms with E-state index in [1.165, 1.54) is 0 Å². The van der Waals surface area contributed by atoms with E-state index in [2.05, 4.69) is 13.2 Å². The van der Waals surface area contributed by atoms with E-state index >= 15 is 0 Å². The van der Waals surface area contributed by atoms with Gasteiger partial charge in [-0.1, -0.05) is 27.0 Å². The highest BCUT2D eigenvalue weighted by atomic mass is 16.6. The van der Waals surface area contributed by atoms with Crippen molar-refractivity contribution in [3.05, 3.63) is 36.8 Å². The Morgan fingerprint density at radius 2 is 1.58 bits per heavy atom. The molecule has 0 saturated carbocycles. The summed E-state index contributed by atoms with van der Waals surface area (Å²) in [4.78, 5) is 0. The fraction of sp³-hybridized carbons (Fsp3) is 0.333. The summed E-state index contributed by atoms with van der Waals surface area (Å²) in [5.74, 6) is 1.70. The van der Waals surface area contributed by atoms with Crippen molar-refractivity contribution in [2.24, 2.45) is 0 Å². The van der Waals surface area contributed by atoms with E-state index in [0.717, 1.165) is 0 Å². The van der Waals surface area contributed by atoms with Gasteiger partial charge in [0.05, 0.1) is 0 Å². The molecule has 0 atom stereocenters. The Balaban J connectivity index is 2.71. The van der Waals surface area contributed by atoms with Gasteiger partial charge in [0, 0.05) is 5.82 Å². The highest BCUT2D eigenvalue weighted by Crippen LogP contribution is 2.26. The summed E-state index contributed by atoms with van der Waals surface area (Å²) in [5.41, 5.74) is 0. The lowest BCUT2D eigenvalue weighted by atomic mass is 9.75. The predicted octanol–water partition coefficient (Wildman–Crippen LogP) is 2.52. The third kappa shape index (κ3) is 1.55. The van der Waals surface area contributed by atoms with Crippen LogP contribution in [0.2, 0.25) is 5.82 Å². The first-order valence-electron chi connectivity index (χ1n) is 4.01. The standard InChI is InChI=1S/C9H13BO2/c1-5-8-9(6-2)12-10(11-8)7(3)4/h5-7H,1-2H2,3-4H3. The summed E-state index contributed by atoms with van der Waals surface area (Å²) in [7, 11) is -0.189. The number of hydrogen-bond acceptors (Lipinski definition) is 2. The fourth-order valence-corrected chi connectivity index (χ4v) is 0.960. The lowest BCUT2D eigenvalue weighted by Crippen LogP contribution is -2.18. The molecule has 0 unspecified atom stereocenters. The summed E-state index contributed by atoms with van der Waals surface area (Å²) in [6.45, 7) is 11.3. The number of hydrogen-bond donors (Lipinski definition) is 0. The Labute approximate surface area is 73.7 Å². The molecule has 0 bridgehead atoms. The molecule has 3 heteroatoms. The van der Waals surface area contributed by atoms with Crippen LogP contribution in [0.1, 0.15) is 13.8 Å². The Hall–Kier alpha value is -1.12. The van der Waals surface area contributed by atoms with Gasteiger partial charge < -0.3 is 9.31 Å². The van der Waals surface area contributed by atoms with Crippen LogP contribution in [0.5, 0.6) is 0 Å². The molecule has 0 amide bonds. The lowest BCUT2D eigenvalue weighted by Gasteiger charge is -2.08. The van der Waals surface area contributed by atoms with E-state index in [-0.39, 0.29) is 7.12 Å². The average molecular weight is 164 g/mol. The molecule has 0 spiro atoms. The van der Waals surface area contributed by atoms with Gasteiger partial charge in [-0.15, -0.1) is 0 Å². The van der Waals surface area contributed by atoms with Crippen LogP contribution in [0.3, 0.4) is 0 Å². The third-order valence-corrected chi connectivity index (χ3v) is 1.64. The molecular formula is C9H13BO2. The van der Waals surface area contributed by atoms with Crippen LogP contribution in [0, 0.1) is 0 Å². The molecule has 0 aromatic carbocycles. The minimum Gasteiger partial charge on any atom is -0.523 e. The quantitative estimate of drug-likeness (QED) is 0.596. The molecule has 2 nitrogen and oxygen atoms in total. The number of rotatable bonds is 3. The SMILES string of the molecule is C=CC1=C(C=C)OB(C(C)C)O1. The van der Waals surface area contributed by atoms with Crippen LogP contribution in [0.4, 0.5) is 0 Å². The topological polar surface area (TPSA) is 18.5 Å². The maximum atomic E-state index is 5.44. The molecule has 64 valence electrons. The first kappa shape index (κ1) is 8.98. The highest BCUT2D eigenvalue weighted by molar-refractivity contribution is 6.47. The Bertz CT molecular complexity index is 211. The van der Waals surface area contributed by atoms with Crippen LogP contribution >= 0.6 is 0 Å². The van der Waals surface area contributed by atoms with Gasteiger partial charge in [-0.05, 0) is 12.2 Å². The molecule has 1 aliphatic heterocycles. The molecule has 0 fully saturated rings. The van der Waals surface area contributed by atoms with Crippen LogP contribution in [0.15, 0.2) is 36.8 Å². The van der Waals surface area contributed by atoms with E-state index in [0.29, 0.717) is 17.3 Å². The first-order chi connectivity index (χ1) is 5.69. The largest absolute Gasteiger partial charge is 0.597 e. The van der Waals surface area contributed by atoms with E-state index < -0.39 is 0 Å². The van der Waals surface area contributed by atoms with E-state index in [9.17, 15) is 0 Å². The van der Waals surface area contributed by atoms with Crippen molar-refractivity contribution in [2.45, 2.75) is 19.7 Å². The maximum absolute atomic E-state index is 5.44. The second kappa shape index (κ2) is 3.52. The zero-order valence-electron chi connectivity index (χ0n) is 7.54. The highest BCUT2D eigenvalue weighted by Gasteiger charge is 2.34. The van der Waals surface area contributed by atoms with Crippen molar-refractivity contribution in [2.75, 3.05) is 0 Å². The predicted molar refractivity (Wildman–Crippen MR) is 50.4 cm³/mol. The van der Waals surface area contributed by atoms with Gasteiger partial charge in [-0.25, -0.2) is 0 Å². The van der Waals surface area contributed by atoms with Crippen LogP contribution in [-0.2, 0) is 9.31 Å². The summed E-state index contributed by atoms with van der Waals surface area (Å²) < 4.78 is 10.9. The molecule has 0 aliphatic carbocycles. The van der Waals surface area contributed by atoms with Crippen molar-refractivity contribution in [3.63, 3.8) is 0 Å². The Morgan fingerprint density at radius 1 is 1.17 bits per heavy atom. The zero-order chi connectivity index (χ0) is 9.14. The smallest absolute Gasteiger partial charge is 0.523 e. The van der Waals surface area contributed by atoms with Crippen molar-refractivity contribution in [3.8, 4) is 0 Å². The summed E-state index contributed by atoms with van der Waals surface area (Å²) in [6, 6.07) is 0. The minimum absolute atomic E-state index is 0.189. The second-order valence-corrected chi connectivity index (χ2v) is 2.98. The fourth-order valence-electron chi connectivity index (χ4n) is 0.960. The van der Waals surface area contributed by atoms with Crippen molar-refractivity contribution >= 4 is 7.12 Å². The molecule has 1 rings (SSSR count).